The molecule has 0 fully saturated rings. The molecule has 0 aliphatic heterocycles. The van der Waals surface area contributed by atoms with Gasteiger partial charge in [-0.05, 0) is 56.4 Å². The predicted octanol–water partition coefficient (Wildman–Crippen LogP) is 2.87. The predicted molar refractivity (Wildman–Crippen MR) is 82.9 cm³/mol. The SMILES string of the molecule is Cc1cc(C(N)=S)cc(C)c1OCCCCCCO. The Balaban J connectivity index is 2.52. The van der Waals surface area contributed by atoms with Crippen molar-refractivity contribution in [3.05, 3.63) is 28.8 Å². The van der Waals surface area contributed by atoms with Gasteiger partial charge in [0.2, 0.25) is 0 Å². The van der Waals surface area contributed by atoms with Crippen molar-refractivity contribution >= 4 is 17.2 Å². The average Bonchev–Trinajstić information content (AvgIpc) is 2.35. The zero-order valence-corrected chi connectivity index (χ0v) is 12.6. The lowest BCUT2D eigenvalue weighted by Gasteiger charge is -2.13. The zero-order chi connectivity index (χ0) is 14.3. The highest BCUT2D eigenvalue weighted by atomic mass is 32.1. The molecule has 0 radical (unpaired) electrons. The Kier molecular flexibility index (Phi) is 6.81. The molecule has 106 valence electrons. The van der Waals surface area contributed by atoms with Crippen molar-refractivity contribution in [3.63, 3.8) is 0 Å². The minimum atomic E-state index is 0.277. The molecule has 0 bridgehead atoms. The summed E-state index contributed by atoms with van der Waals surface area (Å²) in [6, 6.07) is 3.94. The van der Waals surface area contributed by atoms with E-state index in [-0.39, 0.29) is 6.61 Å². The fourth-order valence-corrected chi connectivity index (χ4v) is 2.18. The normalized spacial score (nSPS) is 10.5. The summed E-state index contributed by atoms with van der Waals surface area (Å²) < 4.78 is 5.84. The molecular weight excluding hydrogens is 258 g/mol. The molecule has 19 heavy (non-hydrogen) atoms. The number of rotatable bonds is 8. The zero-order valence-electron chi connectivity index (χ0n) is 11.7. The van der Waals surface area contributed by atoms with Crippen molar-refractivity contribution in [2.75, 3.05) is 13.2 Å². The summed E-state index contributed by atoms with van der Waals surface area (Å²) in [5, 5.41) is 8.69. The summed E-state index contributed by atoms with van der Waals surface area (Å²) in [5.74, 6) is 0.933. The van der Waals surface area contributed by atoms with Crippen LogP contribution in [-0.4, -0.2) is 23.3 Å². The summed E-state index contributed by atoms with van der Waals surface area (Å²) in [6.45, 7) is 5.00. The first-order chi connectivity index (χ1) is 9.06. The van der Waals surface area contributed by atoms with E-state index in [1.54, 1.807) is 0 Å². The third-order valence-corrected chi connectivity index (χ3v) is 3.28. The Labute approximate surface area is 120 Å². The third-order valence-electron chi connectivity index (χ3n) is 3.04. The van der Waals surface area contributed by atoms with Crippen LogP contribution in [-0.2, 0) is 0 Å². The molecule has 0 spiro atoms. The van der Waals surface area contributed by atoms with Gasteiger partial charge in [0.25, 0.3) is 0 Å². The number of unbranched alkanes of at least 4 members (excludes halogenated alkanes) is 3. The van der Waals surface area contributed by atoms with Crippen LogP contribution in [0.15, 0.2) is 12.1 Å². The van der Waals surface area contributed by atoms with Crippen LogP contribution in [0.3, 0.4) is 0 Å². The van der Waals surface area contributed by atoms with Crippen LogP contribution in [0.5, 0.6) is 5.75 Å². The van der Waals surface area contributed by atoms with Gasteiger partial charge >= 0.3 is 0 Å². The van der Waals surface area contributed by atoms with E-state index in [4.69, 9.17) is 27.8 Å². The highest BCUT2D eigenvalue weighted by Gasteiger charge is 2.07. The van der Waals surface area contributed by atoms with E-state index in [0.717, 1.165) is 48.1 Å². The van der Waals surface area contributed by atoms with Crippen LogP contribution < -0.4 is 10.5 Å². The Morgan fingerprint density at radius 1 is 1.16 bits per heavy atom. The second-order valence-corrected chi connectivity index (χ2v) is 5.23. The third kappa shape index (κ3) is 5.17. The highest BCUT2D eigenvalue weighted by Crippen LogP contribution is 2.25. The number of thiocarbonyl (C=S) groups is 1. The first kappa shape index (κ1) is 15.9. The van der Waals surface area contributed by atoms with Crippen LogP contribution in [0.4, 0.5) is 0 Å². The Bertz CT molecular complexity index is 409. The molecule has 1 aromatic carbocycles. The first-order valence-electron chi connectivity index (χ1n) is 6.71. The molecule has 3 N–H and O–H groups in total. The molecule has 0 unspecified atom stereocenters. The molecule has 0 aromatic heterocycles. The number of benzene rings is 1. The summed E-state index contributed by atoms with van der Waals surface area (Å²) in [5.41, 5.74) is 8.66. The molecule has 0 amide bonds. The molecule has 1 rings (SSSR count). The number of aliphatic hydroxyl groups is 1. The Morgan fingerprint density at radius 3 is 2.26 bits per heavy atom. The van der Waals surface area contributed by atoms with Gasteiger partial charge in [-0.25, -0.2) is 0 Å². The van der Waals surface area contributed by atoms with Gasteiger partial charge in [-0.2, -0.15) is 0 Å². The van der Waals surface area contributed by atoms with Gasteiger partial charge in [0.1, 0.15) is 10.7 Å². The van der Waals surface area contributed by atoms with Crippen molar-refractivity contribution in [1.29, 1.82) is 0 Å². The number of aliphatic hydroxyl groups excluding tert-OH is 1. The largest absolute Gasteiger partial charge is 0.493 e. The fourth-order valence-electron chi connectivity index (χ4n) is 2.06. The van der Waals surface area contributed by atoms with Gasteiger partial charge in [-0.3, -0.25) is 0 Å². The molecule has 1 aromatic rings. The maximum absolute atomic E-state index is 8.69. The number of aryl methyl sites for hydroxylation is 2. The van der Waals surface area contributed by atoms with Crippen LogP contribution in [0, 0.1) is 13.8 Å². The molecule has 0 heterocycles. The molecule has 0 aliphatic rings. The lowest BCUT2D eigenvalue weighted by molar-refractivity contribution is 0.272. The summed E-state index contributed by atoms with van der Waals surface area (Å²) in [6.07, 6.45) is 4.03. The van der Waals surface area contributed by atoms with Crippen molar-refractivity contribution in [3.8, 4) is 5.75 Å². The van der Waals surface area contributed by atoms with E-state index in [1.807, 2.05) is 26.0 Å². The van der Waals surface area contributed by atoms with E-state index in [9.17, 15) is 0 Å². The van der Waals surface area contributed by atoms with Gasteiger partial charge in [0, 0.05) is 12.2 Å². The van der Waals surface area contributed by atoms with E-state index in [2.05, 4.69) is 0 Å². The second-order valence-electron chi connectivity index (χ2n) is 4.79. The average molecular weight is 281 g/mol. The molecule has 0 saturated carbocycles. The summed E-state index contributed by atoms with van der Waals surface area (Å²) in [7, 11) is 0. The van der Waals surface area contributed by atoms with Crippen molar-refractivity contribution in [2.24, 2.45) is 5.73 Å². The maximum atomic E-state index is 8.69. The van der Waals surface area contributed by atoms with E-state index in [0.29, 0.717) is 11.6 Å². The van der Waals surface area contributed by atoms with Gasteiger partial charge < -0.3 is 15.6 Å². The highest BCUT2D eigenvalue weighted by molar-refractivity contribution is 7.80. The molecule has 4 heteroatoms. The van der Waals surface area contributed by atoms with Crippen LogP contribution in [0.2, 0.25) is 0 Å². The van der Waals surface area contributed by atoms with E-state index in [1.165, 1.54) is 0 Å². The molecule has 0 saturated heterocycles. The second kappa shape index (κ2) is 8.12. The van der Waals surface area contributed by atoms with Crippen LogP contribution in [0.1, 0.15) is 42.4 Å². The lowest BCUT2D eigenvalue weighted by Crippen LogP contribution is -2.10. The maximum Gasteiger partial charge on any atom is 0.125 e. The molecule has 3 nitrogen and oxygen atoms in total. The van der Waals surface area contributed by atoms with Gasteiger partial charge in [0.05, 0.1) is 6.61 Å². The minimum absolute atomic E-state index is 0.277. The molecular formula is C15H23NO2S. The lowest BCUT2D eigenvalue weighted by atomic mass is 10.1. The van der Waals surface area contributed by atoms with Crippen molar-refractivity contribution in [1.82, 2.24) is 0 Å². The topological polar surface area (TPSA) is 55.5 Å². The molecule has 0 atom stereocenters. The van der Waals surface area contributed by atoms with Gasteiger partial charge in [-0.15, -0.1) is 0 Å². The van der Waals surface area contributed by atoms with Crippen LogP contribution in [0.25, 0.3) is 0 Å². The Morgan fingerprint density at radius 2 is 1.74 bits per heavy atom. The molecule has 0 aliphatic carbocycles. The smallest absolute Gasteiger partial charge is 0.125 e. The standard InChI is InChI=1S/C15H23NO2S/c1-11-9-13(15(16)19)10-12(2)14(11)18-8-6-4-3-5-7-17/h9-10,17H,3-8H2,1-2H3,(H2,16,19). The summed E-state index contributed by atoms with van der Waals surface area (Å²) in [4.78, 5) is 0.418. The van der Waals surface area contributed by atoms with Crippen molar-refractivity contribution < 1.29 is 9.84 Å². The first-order valence-corrected chi connectivity index (χ1v) is 7.11. The van der Waals surface area contributed by atoms with E-state index >= 15 is 0 Å². The quantitative estimate of drug-likeness (QED) is 0.568. The number of ether oxygens (including phenoxy) is 1. The Hall–Kier alpha value is -1.13. The van der Waals surface area contributed by atoms with E-state index < -0.39 is 0 Å². The van der Waals surface area contributed by atoms with Gasteiger partial charge in [-0.1, -0.05) is 18.6 Å². The van der Waals surface area contributed by atoms with Gasteiger partial charge in [0.15, 0.2) is 0 Å². The minimum Gasteiger partial charge on any atom is -0.493 e. The van der Waals surface area contributed by atoms with Crippen LogP contribution >= 0.6 is 12.2 Å². The number of hydrogen-bond donors (Lipinski definition) is 2. The number of nitrogens with two attached hydrogens (primary N) is 1. The fraction of sp³-hybridized carbons (Fsp3) is 0.533. The monoisotopic (exact) mass is 281 g/mol. The summed E-state index contributed by atoms with van der Waals surface area (Å²) >= 11 is 4.99. The van der Waals surface area contributed by atoms with Crippen molar-refractivity contribution in [2.45, 2.75) is 39.5 Å². The number of hydrogen-bond acceptors (Lipinski definition) is 3.